The summed E-state index contributed by atoms with van der Waals surface area (Å²) in [6, 6.07) is 9.58. The van der Waals surface area contributed by atoms with Crippen LogP contribution in [0.1, 0.15) is 0 Å². The topological polar surface area (TPSA) is 9.23 Å². The van der Waals surface area contributed by atoms with Crippen LogP contribution in [0.25, 0.3) is 11.1 Å². The van der Waals surface area contributed by atoms with Gasteiger partial charge < -0.3 is 4.74 Å². The Morgan fingerprint density at radius 3 is 2.18 bits per heavy atom. The Bertz CT molecular complexity index is 535. The Hall–Kier alpha value is -1.25. The fraction of sp³-hybridized carbons (Fsp3) is 0.0769. The van der Waals surface area contributed by atoms with Crippen molar-refractivity contribution in [3.05, 3.63) is 52.3 Å². The number of ether oxygens (including phenoxy) is 1. The molecule has 0 saturated heterocycles. The van der Waals surface area contributed by atoms with Gasteiger partial charge in [0, 0.05) is 21.7 Å². The number of rotatable bonds is 2. The van der Waals surface area contributed by atoms with Crippen LogP contribution in [-0.2, 0) is 0 Å². The van der Waals surface area contributed by atoms with Crippen LogP contribution in [-0.4, -0.2) is 7.11 Å². The maximum absolute atomic E-state index is 13.8. The second-order valence-corrected chi connectivity index (χ2v) is 4.38. The Morgan fingerprint density at radius 2 is 1.65 bits per heavy atom. The van der Waals surface area contributed by atoms with Gasteiger partial charge in [0.2, 0.25) is 0 Å². The van der Waals surface area contributed by atoms with Crippen LogP contribution in [0.15, 0.2) is 36.4 Å². The zero-order valence-corrected chi connectivity index (χ0v) is 10.5. The predicted molar refractivity (Wildman–Crippen MR) is 68.4 cm³/mol. The molecule has 0 atom stereocenters. The molecule has 0 aliphatic carbocycles. The monoisotopic (exact) mass is 270 g/mol. The van der Waals surface area contributed by atoms with Crippen LogP contribution >= 0.6 is 23.2 Å². The highest BCUT2D eigenvalue weighted by molar-refractivity contribution is 6.35. The summed E-state index contributed by atoms with van der Waals surface area (Å²) >= 11 is 11.8. The number of hydrogen-bond donors (Lipinski definition) is 0. The summed E-state index contributed by atoms with van der Waals surface area (Å²) in [5, 5.41) is 0.949. The van der Waals surface area contributed by atoms with E-state index in [0.717, 1.165) is 0 Å². The molecule has 0 heterocycles. The van der Waals surface area contributed by atoms with Gasteiger partial charge in [0.25, 0.3) is 0 Å². The van der Waals surface area contributed by atoms with Gasteiger partial charge in [-0.3, -0.25) is 0 Å². The molecule has 0 unspecified atom stereocenters. The van der Waals surface area contributed by atoms with Crippen LogP contribution in [0.5, 0.6) is 5.75 Å². The van der Waals surface area contributed by atoms with Gasteiger partial charge >= 0.3 is 0 Å². The number of methoxy groups -OCH3 is 1. The summed E-state index contributed by atoms with van der Waals surface area (Å²) in [7, 11) is 1.49. The summed E-state index contributed by atoms with van der Waals surface area (Å²) < 4.78 is 18.8. The maximum atomic E-state index is 13.8. The van der Waals surface area contributed by atoms with Gasteiger partial charge in [0.05, 0.1) is 7.11 Å². The highest BCUT2D eigenvalue weighted by Gasteiger charge is 2.08. The van der Waals surface area contributed by atoms with Crippen molar-refractivity contribution >= 4 is 23.2 Å². The van der Waals surface area contributed by atoms with E-state index in [1.54, 1.807) is 30.3 Å². The van der Waals surface area contributed by atoms with E-state index in [1.165, 1.54) is 13.2 Å². The third-order valence-electron chi connectivity index (χ3n) is 2.35. The fourth-order valence-corrected chi connectivity index (χ4v) is 2.09. The number of benzene rings is 2. The average molecular weight is 271 g/mol. The lowest BCUT2D eigenvalue weighted by atomic mass is 10.1. The molecule has 2 aromatic carbocycles. The summed E-state index contributed by atoms with van der Waals surface area (Å²) in [4.78, 5) is 0. The van der Waals surface area contributed by atoms with E-state index >= 15 is 0 Å². The van der Waals surface area contributed by atoms with Gasteiger partial charge in [0.1, 0.15) is 11.6 Å². The molecule has 17 heavy (non-hydrogen) atoms. The minimum absolute atomic E-state index is 0.373. The van der Waals surface area contributed by atoms with Crippen LogP contribution in [0, 0.1) is 5.82 Å². The Labute approximate surface area is 109 Å². The van der Waals surface area contributed by atoms with Gasteiger partial charge in [-0.2, -0.15) is 0 Å². The molecule has 2 rings (SSSR count). The first kappa shape index (κ1) is 12.2. The maximum Gasteiger partial charge on any atom is 0.134 e. The Balaban J connectivity index is 2.52. The summed E-state index contributed by atoms with van der Waals surface area (Å²) in [6.07, 6.45) is 0. The molecule has 4 heteroatoms. The summed E-state index contributed by atoms with van der Waals surface area (Å²) in [5.41, 5.74) is 1.08. The Morgan fingerprint density at radius 1 is 1.00 bits per heavy atom. The number of hydrogen-bond acceptors (Lipinski definition) is 1. The van der Waals surface area contributed by atoms with Crippen LogP contribution in [0.3, 0.4) is 0 Å². The average Bonchev–Trinajstić information content (AvgIpc) is 2.27. The summed E-state index contributed by atoms with van der Waals surface area (Å²) in [6.45, 7) is 0. The highest BCUT2D eigenvalue weighted by atomic mass is 35.5. The minimum Gasteiger partial charge on any atom is -0.497 e. The smallest absolute Gasteiger partial charge is 0.134 e. The molecule has 0 saturated carbocycles. The SMILES string of the molecule is COc1ccc(-c2cc(Cl)cc(Cl)c2)c(F)c1. The van der Waals surface area contributed by atoms with Crippen molar-refractivity contribution in [2.75, 3.05) is 7.11 Å². The lowest BCUT2D eigenvalue weighted by Crippen LogP contribution is -1.88. The van der Waals surface area contributed by atoms with Gasteiger partial charge in [-0.1, -0.05) is 23.2 Å². The van der Waals surface area contributed by atoms with Crippen molar-refractivity contribution in [2.45, 2.75) is 0 Å². The molecule has 0 spiro atoms. The first-order chi connectivity index (χ1) is 8.10. The molecule has 0 aromatic heterocycles. The minimum atomic E-state index is -0.373. The Kier molecular flexibility index (Phi) is 3.55. The lowest BCUT2D eigenvalue weighted by molar-refractivity contribution is 0.411. The van der Waals surface area contributed by atoms with E-state index in [0.29, 0.717) is 26.9 Å². The first-order valence-electron chi connectivity index (χ1n) is 4.90. The second-order valence-electron chi connectivity index (χ2n) is 3.50. The van der Waals surface area contributed by atoms with Crippen molar-refractivity contribution in [3.8, 4) is 16.9 Å². The van der Waals surface area contributed by atoms with E-state index in [9.17, 15) is 4.39 Å². The molecule has 0 amide bonds. The van der Waals surface area contributed by atoms with E-state index in [2.05, 4.69) is 0 Å². The second kappa shape index (κ2) is 4.94. The van der Waals surface area contributed by atoms with Crippen molar-refractivity contribution in [1.29, 1.82) is 0 Å². The van der Waals surface area contributed by atoms with E-state index in [1.807, 2.05) is 0 Å². The molecule has 0 N–H and O–H groups in total. The van der Waals surface area contributed by atoms with E-state index in [4.69, 9.17) is 27.9 Å². The first-order valence-corrected chi connectivity index (χ1v) is 5.66. The highest BCUT2D eigenvalue weighted by Crippen LogP contribution is 2.30. The van der Waals surface area contributed by atoms with Crippen LogP contribution < -0.4 is 4.74 Å². The summed E-state index contributed by atoms with van der Waals surface area (Å²) in [5.74, 6) is 0.0991. The fourth-order valence-electron chi connectivity index (χ4n) is 1.57. The molecule has 0 radical (unpaired) electrons. The van der Waals surface area contributed by atoms with Gasteiger partial charge in [0.15, 0.2) is 0 Å². The van der Waals surface area contributed by atoms with Crippen molar-refractivity contribution < 1.29 is 9.13 Å². The normalized spacial score (nSPS) is 10.4. The molecule has 1 nitrogen and oxygen atoms in total. The lowest BCUT2D eigenvalue weighted by Gasteiger charge is -2.07. The molecule has 2 aromatic rings. The largest absolute Gasteiger partial charge is 0.497 e. The van der Waals surface area contributed by atoms with Crippen LogP contribution in [0.2, 0.25) is 10.0 Å². The van der Waals surface area contributed by atoms with Gasteiger partial charge in [-0.15, -0.1) is 0 Å². The molecule has 0 aliphatic heterocycles. The zero-order valence-electron chi connectivity index (χ0n) is 9.01. The zero-order chi connectivity index (χ0) is 12.4. The predicted octanol–water partition coefficient (Wildman–Crippen LogP) is 4.81. The molecular weight excluding hydrogens is 262 g/mol. The standard InChI is InChI=1S/C13H9Cl2FO/c1-17-11-2-3-12(13(16)7-11)8-4-9(14)6-10(15)5-8/h2-7H,1H3. The molecule has 0 aliphatic rings. The van der Waals surface area contributed by atoms with Crippen molar-refractivity contribution in [1.82, 2.24) is 0 Å². The third kappa shape index (κ3) is 2.71. The molecule has 0 bridgehead atoms. The van der Waals surface area contributed by atoms with E-state index < -0.39 is 0 Å². The van der Waals surface area contributed by atoms with Crippen molar-refractivity contribution in [3.63, 3.8) is 0 Å². The third-order valence-corrected chi connectivity index (χ3v) is 2.79. The molecular formula is C13H9Cl2FO. The van der Waals surface area contributed by atoms with Crippen molar-refractivity contribution in [2.24, 2.45) is 0 Å². The van der Waals surface area contributed by atoms with E-state index in [-0.39, 0.29) is 5.82 Å². The molecule has 88 valence electrons. The van der Waals surface area contributed by atoms with Gasteiger partial charge in [-0.05, 0) is 35.9 Å². The quantitative estimate of drug-likeness (QED) is 0.761. The molecule has 0 fully saturated rings. The van der Waals surface area contributed by atoms with Gasteiger partial charge in [-0.25, -0.2) is 4.39 Å². The van der Waals surface area contributed by atoms with Crippen LogP contribution in [0.4, 0.5) is 4.39 Å². The number of halogens is 3.